The Bertz CT molecular complexity index is 749. The molecular weight excluding hydrogens is 316 g/mol. The number of carbonyl (C=O) groups excluding carboxylic acids is 1. The standard InChI is InChI=1S/C18H26N6O/c1-22-13-14(12-19-22)8-9-17(25)23-11-5-6-15(23)18-21-20-16-7-3-2-4-10-24(16)18/h12-13,15H,2-11H2,1H3. The van der Waals surface area contributed by atoms with Crippen LogP contribution in [-0.2, 0) is 31.2 Å². The summed E-state index contributed by atoms with van der Waals surface area (Å²) in [6.45, 7) is 1.82. The normalized spacial score (nSPS) is 20.5. The number of hydrogen-bond donors (Lipinski definition) is 0. The fourth-order valence-electron chi connectivity index (χ4n) is 4.08. The molecule has 2 aromatic heterocycles. The molecule has 0 aromatic carbocycles. The molecule has 1 fully saturated rings. The van der Waals surface area contributed by atoms with Crippen molar-refractivity contribution in [2.45, 2.75) is 64.0 Å². The molecule has 7 heteroatoms. The Labute approximate surface area is 148 Å². The molecule has 2 aliphatic heterocycles. The number of fused-ring (bicyclic) bond motifs is 1. The van der Waals surface area contributed by atoms with E-state index in [0.29, 0.717) is 6.42 Å². The van der Waals surface area contributed by atoms with Gasteiger partial charge in [-0.1, -0.05) is 6.42 Å². The molecule has 134 valence electrons. The smallest absolute Gasteiger partial charge is 0.223 e. The molecule has 2 aliphatic rings. The molecule has 4 heterocycles. The van der Waals surface area contributed by atoms with Crippen molar-refractivity contribution >= 4 is 5.91 Å². The van der Waals surface area contributed by atoms with Crippen LogP contribution in [0.3, 0.4) is 0 Å². The fourth-order valence-corrected chi connectivity index (χ4v) is 4.08. The number of amides is 1. The van der Waals surface area contributed by atoms with Gasteiger partial charge in [-0.05, 0) is 37.7 Å². The Morgan fingerprint density at radius 1 is 1.20 bits per heavy atom. The second-order valence-electron chi connectivity index (χ2n) is 7.20. The number of nitrogens with zero attached hydrogens (tertiary/aromatic N) is 6. The lowest BCUT2D eigenvalue weighted by atomic mass is 10.1. The number of hydrogen-bond acceptors (Lipinski definition) is 4. The van der Waals surface area contributed by atoms with Gasteiger partial charge in [0.15, 0.2) is 5.82 Å². The van der Waals surface area contributed by atoms with Crippen molar-refractivity contribution in [3.8, 4) is 0 Å². The van der Waals surface area contributed by atoms with Crippen molar-refractivity contribution in [3.05, 3.63) is 29.6 Å². The third kappa shape index (κ3) is 3.32. The Hall–Kier alpha value is -2.18. The lowest BCUT2D eigenvalue weighted by Crippen LogP contribution is -2.32. The number of aromatic nitrogens is 5. The maximum atomic E-state index is 12.8. The van der Waals surface area contributed by atoms with E-state index in [1.165, 1.54) is 19.3 Å². The van der Waals surface area contributed by atoms with Crippen molar-refractivity contribution in [1.29, 1.82) is 0 Å². The van der Waals surface area contributed by atoms with Crippen molar-refractivity contribution in [3.63, 3.8) is 0 Å². The maximum absolute atomic E-state index is 12.8. The molecule has 0 saturated carbocycles. The van der Waals surface area contributed by atoms with Crippen LogP contribution in [0.1, 0.15) is 61.8 Å². The van der Waals surface area contributed by atoms with Gasteiger partial charge in [-0.15, -0.1) is 10.2 Å². The Morgan fingerprint density at radius 3 is 2.96 bits per heavy atom. The summed E-state index contributed by atoms with van der Waals surface area (Å²) < 4.78 is 4.06. The van der Waals surface area contributed by atoms with Gasteiger partial charge in [-0.2, -0.15) is 5.10 Å². The maximum Gasteiger partial charge on any atom is 0.223 e. The van der Waals surface area contributed by atoms with E-state index in [1.54, 1.807) is 4.68 Å². The van der Waals surface area contributed by atoms with Crippen LogP contribution in [0.15, 0.2) is 12.4 Å². The van der Waals surface area contributed by atoms with Gasteiger partial charge in [0.05, 0.1) is 12.2 Å². The summed E-state index contributed by atoms with van der Waals surface area (Å²) in [6, 6.07) is 0.0979. The van der Waals surface area contributed by atoms with E-state index < -0.39 is 0 Å². The van der Waals surface area contributed by atoms with E-state index >= 15 is 0 Å². The molecule has 25 heavy (non-hydrogen) atoms. The van der Waals surface area contributed by atoms with Crippen LogP contribution in [0.5, 0.6) is 0 Å². The quantitative estimate of drug-likeness (QED) is 0.852. The first kappa shape index (κ1) is 16.3. The summed E-state index contributed by atoms with van der Waals surface area (Å²) in [5.74, 6) is 2.32. The van der Waals surface area contributed by atoms with Gasteiger partial charge in [0.25, 0.3) is 0 Å². The van der Waals surface area contributed by atoms with Crippen LogP contribution in [0.4, 0.5) is 0 Å². The van der Waals surface area contributed by atoms with E-state index in [4.69, 9.17) is 0 Å². The van der Waals surface area contributed by atoms with Gasteiger partial charge in [-0.25, -0.2) is 0 Å². The highest BCUT2D eigenvalue weighted by molar-refractivity contribution is 5.77. The molecular formula is C18H26N6O. The van der Waals surface area contributed by atoms with Crippen molar-refractivity contribution in [2.75, 3.05) is 6.54 Å². The molecule has 0 spiro atoms. The Kier molecular flexibility index (Phi) is 4.55. The van der Waals surface area contributed by atoms with Crippen LogP contribution in [0.25, 0.3) is 0 Å². The largest absolute Gasteiger partial charge is 0.332 e. The highest BCUT2D eigenvalue weighted by Crippen LogP contribution is 2.32. The molecule has 0 aliphatic carbocycles. The third-order valence-corrected chi connectivity index (χ3v) is 5.40. The molecule has 0 N–H and O–H groups in total. The summed E-state index contributed by atoms with van der Waals surface area (Å²) in [6.07, 6.45) is 11.8. The van der Waals surface area contributed by atoms with Crippen LogP contribution in [0, 0.1) is 0 Å². The molecule has 1 amide bonds. The van der Waals surface area contributed by atoms with Gasteiger partial charge < -0.3 is 9.47 Å². The predicted octanol–water partition coefficient (Wildman–Crippen LogP) is 2.03. The zero-order valence-corrected chi connectivity index (χ0v) is 14.9. The van der Waals surface area contributed by atoms with Gasteiger partial charge in [-0.3, -0.25) is 9.48 Å². The summed E-state index contributed by atoms with van der Waals surface area (Å²) in [5, 5.41) is 13.1. The molecule has 4 rings (SSSR count). The first-order chi connectivity index (χ1) is 12.2. The Balaban J connectivity index is 1.47. The van der Waals surface area contributed by atoms with Gasteiger partial charge in [0, 0.05) is 39.2 Å². The molecule has 2 aromatic rings. The number of rotatable bonds is 4. The highest BCUT2D eigenvalue weighted by atomic mass is 16.2. The molecule has 1 atom stereocenters. The molecule has 1 unspecified atom stereocenters. The second-order valence-corrected chi connectivity index (χ2v) is 7.20. The first-order valence-corrected chi connectivity index (χ1v) is 9.41. The van der Waals surface area contributed by atoms with Crippen LogP contribution in [-0.4, -0.2) is 41.9 Å². The Morgan fingerprint density at radius 2 is 2.12 bits per heavy atom. The summed E-state index contributed by atoms with van der Waals surface area (Å²) in [7, 11) is 1.90. The van der Waals surface area contributed by atoms with Crippen LogP contribution < -0.4 is 0 Å². The monoisotopic (exact) mass is 342 g/mol. The fraction of sp³-hybridized carbons (Fsp3) is 0.667. The molecule has 1 saturated heterocycles. The summed E-state index contributed by atoms with van der Waals surface area (Å²) >= 11 is 0. The number of likely N-dealkylation sites (tertiary alicyclic amines) is 1. The van der Waals surface area contributed by atoms with Gasteiger partial charge >= 0.3 is 0 Å². The van der Waals surface area contributed by atoms with E-state index in [0.717, 1.165) is 56.0 Å². The molecule has 0 bridgehead atoms. The minimum absolute atomic E-state index is 0.0979. The molecule has 7 nitrogen and oxygen atoms in total. The van der Waals surface area contributed by atoms with Crippen molar-refractivity contribution < 1.29 is 4.79 Å². The lowest BCUT2D eigenvalue weighted by Gasteiger charge is -2.24. The van der Waals surface area contributed by atoms with E-state index in [9.17, 15) is 4.79 Å². The van der Waals surface area contributed by atoms with E-state index in [2.05, 4.69) is 19.9 Å². The SMILES string of the molecule is Cn1cc(CCC(=O)N2CCCC2c2nnc3n2CCCCC3)cn1. The topological polar surface area (TPSA) is 68.8 Å². The predicted molar refractivity (Wildman–Crippen MR) is 92.8 cm³/mol. The van der Waals surface area contributed by atoms with E-state index in [1.807, 2.05) is 24.3 Å². The van der Waals surface area contributed by atoms with Crippen LogP contribution >= 0.6 is 0 Å². The van der Waals surface area contributed by atoms with Gasteiger partial charge in [0.2, 0.25) is 5.91 Å². The lowest BCUT2D eigenvalue weighted by molar-refractivity contribution is -0.132. The van der Waals surface area contributed by atoms with Crippen LogP contribution in [0.2, 0.25) is 0 Å². The number of carbonyl (C=O) groups is 1. The second kappa shape index (κ2) is 6.98. The average Bonchev–Trinajstić information content (AvgIpc) is 3.29. The minimum atomic E-state index is 0.0979. The highest BCUT2D eigenvalue weighted by Gasteiger charge is 2.34. The number of aryl methyl sites for hydroxylation is 3. The van der Waals surface area contributed by atoms with Crippen molar-refractivity contribution in [2.24, 2.45) is 7.05 Å². The van der Waals surface area contributed by atoms with Gasteiger partial charge in [0.1, 0.15) is 5.82 Å². The molecule has 0 radical (unpaired) electrons. The zero-order valence-electron chi connectivity index (χ0n) is 14.9. The minimum Gasteiger partial charge on any atom is -0.332 e. The first-order valence-electron chi connectivity index (χ1n) is 9.41. The summed E-state index contributed by atoms with van der Waals surface area (Å²) in [4.78, 5) is 14.8. The zero-order chi connectivity index (χ0) is 17.2. The van der Waals surface area contributed by atoms with Crippen molar-refractivity contribution in [1.82, 2.24) is 29.4 Å². The average molecular weight is 342 g/mol. The van der Waals surface area contributed by atoms with E-state index in [-0.39, 0.29) is 11.9 Å². The summed E-state index contributed by atoms with van der Waals surface area (Å²) in [5.41, 5.74) is 1.11. The third-order valence-electron chi connectivity index (χ3n) is 5.40.